The molecule has 0 fully saturated rings. The zero-order valence-corrected chi connectivity index (χ0v) is 17.4. The zero-order valence-electron chi connectivity index (χ0n) is 17.4. The number of nitrogens with one attached hydrogen (secondary N) is 1. The van der Waals surface area contributed by atoms with Crippen molar-refractivity contribution in [2.45, 2.75) is 65.5 Å². The Hall–Kier alpha value is -2.89. The minimum absolute atomic E-state index is 0.0333. The molecule has 0 aliphatic carbocycles. The van der Waals surface area contributed by atoms with Gasteiger partial charge in [-0.15, -0.1) is 0 Å². The molecule has 3 aromatic rings. The molecular formula is C23H28N4O2. The van der Waals surface area contributed by atoms with Crippen LogP contribution >= 0.6 is 0 Å². The number of amides is 1. The zero-order chi connectivity index (χ0) is 20.5. The molecule has 3 heterocycles. The van der Waals surface area contributed by atoms with Gasteiger partial charge in [0.1, 0.15) is 17.9 Å². The summed E-state index contributed by atoms with van der Waals surface area (Å²) in [5.74, 6) is 1.17. The molecule has 0 saturated carbocycles. The van der Waals surface area contributed by atoms with Gasteiger partial charge in [0.25, 0.3) is 5.56 Å². The lowest BCUT2D eigenvalue weighted by atomic mass is 10.0. The standard InChI is InChI=1S/C23H28N4O2/c1-15(2)17-8-10-18(11-9-17)24-21(28)14-27-16(3)13-19-22(27)23(29)26-12-6-4-5-7-20(26)25-19/h8-11,13,15H,4-7,12,14H2,1-3H3,(H,24,28). The molecule has 0 radical (unpaired) electrons. The fourth-order valence-corrected chi connectivity index (χ4v) is 4.06. The number of hydrogen-bond acceptors (Lipinski definition) is 3. The minimum atomic E-state index is -0.151. The van der Waals surface area contributed by atoms with Gasteiger partial charge in [-0.2, -0.15) is 0 Å². The van der Waals surface area contributed by atoms with Crippen LogP contribution < -0.4 is 10.9 Å². The summed E-state index contributed by atoms with van der Waals surface area (Å²) >= 11 is 0. The van der Waals surface area contributed by atoms with Crippen LogP contribution in [0.5, 0.6) is 0 Å². The third-order valence-electron chi connectivity index (χ3n) is 5.74. The summed E-state index contributed by atoms with van der Waals surface area (Å²) in [6.07, 6.45) is 4.01. The Balaban J connectivity index is 1.62. The Labute approximate surface area is 170 Å². The molecule has 1 aliphatic rings. The highest BCUT2D eigenvalue weighted by atomic mass is 16.2. The Bertz CT molecular complexity index is 1110. The van der Waals surface area contributed by atoms with E-state index in [1.54, 1.807) is 9.13 Å². The average Bonchev–Trinajstić information content (AvgIpc) is 2.84. The van der Waals surface area contributed by atoms with E-state index in [-0.39, 0.29) is 18.0 Å². The molecule has 6 heteroatoms. The van der Waals surface area contributed by atoms with Crippen molar-refractivity contribution in [3.63, 3.8) is 0 Å². The first-order valence-electron chi connectivity index (χ1n) is 10.4. The molecule has 6 nitrogen and oxygen atoms in total. The van der Waals surface area contributed by atoms with Crippen LogP contribution in [0.4, 0.5) is 5.69 Å². The SMILES string of the molecule is Cc1cc2nc3n(c(=O)c2n1CC(=O)Nc1ccc(C(C)C)cc1)CCCCC3. The number of carbonyl (C=O) groups is 1. The molecule has 152 valence electrons. The maximum atomic E-state index is 13.2. The molecule has 0 spiro atoms. The number of fused-ring (bicyclic) bond motifs is 2. The van der Waals surface area contributed by atoms with Gasteiger partial charge in [-0.25, -0.2) is 4.98 Å². The first-order valence-corrected chi connectivity index (χ1v) is 10.4. The Morgan fingerprint density at radius 3 is 2.66 bits per heavy atom. The fraction of sp³-hybridized carbons (Fsp3) is 0.435. The van der Waals surface area contributed by atoms with E-state index in [1.807, 2.05) is 37.3 Å². The quantitative estimate of drug-likeness (QED) is 0.730. The molecule has 2 aromatic heterocycles. The number of aryl methyl sites for hydroxylation is 2. The average molecular weight is 393 g/mol. The number of carbonyl (C=O) groups excluding carboxylic acids is 1. The van der Waals surface area contributed by atoms with Gasteiger partial charge >= 0.3 is 0 Å². The van der Waals surface area contributed by atoms with E-state index in [1.165, 1.54) is 5.56 Å². The van der Waals surface area contributed by atoms with E-state index in [2.05, 4.69) is 19.2 Å². The summed E-state index contributed by atoms with van der Waals surface area (Å²) in [5.41, 5.74) is 4.05. The largest absolute Gasteiger partial charge is 0.330 e. The van der Waals surface area contributed by atoms with Crippen molar-refractivity contribution in [3.8, 4) is 0 Å². The molecule has 0 unspecified atom stereocenters. The predicted molar refractivity (Wildman–Crippen MR) is 115 cm³/mol. The van der Waals surface area contributed by atoms with Gasteiger partial charge < -0.3 is 9.88 Å². The van der Waals surface area contributed by atoms with Crippen LogP contribution in [0.3, 0.4) is 0 Å². The van der Waals surface area contributed by atoms with E-state index < -0.39 is 0 Å². The van der Waals surface area contributed by atoms with Crippen molar-refractivity contribution < 1.29 is 4.79 Å². The first kappa shape index (κ1) is 19.4. The summed E-state index contributed by atoms with van der Waals surface area (Å²) in [5, 5.41) is 2.94. The lowest BCUT2D eigenvalue weighted by molar-refractivity contribution is -0.116. The van der Waals surface area contributed by atoms with Crippen LogP contribution in [0, 0.1) is 6.92 Å². The molecule has 0 atom stereocenters. The maximum Gasteiger partial charge on any atom is 0.278 e. The molecule has 1 aliphatic heterocycles. The van der Waals surface area contributed by atoms with Gasteiger partial charge in [0.2, 0.25) is 5.91 Å². The monoisotopic (exact) mass is 392 g/mol. The van der Waals surface area contributed by atoms with Gasteiger partial charge in [-0.3, -0.25) is 14.2 Å². The lowest BCUT2D eigenvalue weighted by Gasteiger charge is -2.12. The summed E-state index contributed by atoms with van der Waals surface area (Å²) in [6, 6.07) is 9.81. The smallest absolute Gasteiger partial charge is 0.278 e. The second-order valence-electron chi connectivity index (χ2n) is 8.23. The van der Waals surface area contributed by atoms with Gasteiger partial charge in [0, 0.05) is 24.3 Å². The number of benzene rings is 1. The topological polar surface area (TPSA) is 68.9 Å². The highest BCUT2D eigenvalue weighted by molar-refractivity contribution is 5.91. The van der Waals surface area contributed by atoms with Crippen LogP contribution in [0.1, 0.15) is 56.1 Å². The maximum absolute atomic E-state index is 13.2. The summed E-state index contributed by atoms with van der Waals surface area (Å²) in [6.45, 7) is 7.00. The second-order valence-corrected chi connectivity index (χ2v) is 8.23. The van der Waals surface area contributed by atoms with E-state index in [4.69, 9.17) is 4.98 Å². The molecule has 1 amide bonds. The van der Waals surface area contributed by atoms with Crippen LogP contribution in [0.15, 0.2) is 35.1 Å². The summed E-state index contributed by atoms with van der Waals surface area (Å²) in [7, 11) is 0. The third-order valence-corrected chi connectivity index (χ3v) is 5.74. The van der Waals surface area contributed by atoms with Crippen LogP contribution in [0.2, 0.25) is 0 Å². The Morgan fingerprint density at radius 2 is 1.93 bits per heavy atom. The highest BCUT2D eigenvalue weighted by Crippen LogP contribution is 2.20. The van der Waals surface area contributed by atoms with Crippen LogP contribution in [-0.4, -0.2) is 20.0 Å². The third kappa shape index (κ3) is 3.84. The summed E-state index contributed by atoms with van der Waals surface area (Å²) < 4.78 is 3.59. The molecule has 1 N–H and O–H groups in total. The minimum Gasteiger partial charge on any atom is -0.330 e. The van der Waals surface area contributed by atoms with Crippen molar-refractivity contribution in [1.29, 1.82) is 0 Å². The van der Waals surface area contributed by atoms with E-state index in [0.717, 1.165) is 42.9 Å². The lowest BCUT2D eigenvalue weighted by Crippen LogP contribution is -2.28. The van der Waals surface area contributed by atoms with E-state index in [0.29, 0.717) is 23.5 Å². The highest BCUT2D eigenvalue weighted by Gasteiger charge is 2.19. The number of nitrogens with zero attached hydrogens (tertiary/aromatic N) is 3. The fourth-order valence-electron chi connectivity index (χ4n) is 4.06. The number of rotatable bonds is 4. The summed E-state index contributed by atoms with van der Waals surface area (Å²) in [4.78, 5) is 30.6. The first-order chi connectivity index (χ1) is 13.9. The van der Waals surface area contributed by atoms with E-state index >= 15 is 0 Å². The van der Waals surface area contributed by atoms with Crippen molar-refractivity contribution in [2.24, 2.45) is 0 Å². The Morgan fingerprint density at radius 1 is 1.17 bits per heavy atom. The number of aromatic nitrogens is 3. The molecule has 0 saturated heterocycles. The molecule has 29 heavy (non-hydrogen) atoms. The molecule has 4 rings (SSSR count). The number of anilines is 1. The molecular weight excluding hydrogens is 364 g/mol. The van der Waals surface area contributed by atoms with Gasteiger partial charge in [0.15, 0.2) is 0 Å². The van der Waals surface area contributed by atoms with Crippen molar-refractivity contribution in [1.82, 2.24) is 14.1 Å². The predicted octanol–water partition coefficient (Wildman–Crippen LogP) is 3.99. The van der Waals surface area contributed by atoms with Crippen LogP contribution in [0.25, 0.3) is 11.0 Å². The second kappa shape index (κ2) is 7.85. The van der Waals surface area contributed by atoms with Crippen molar-refractivity contribution >= 4 is 22.6 Å². The number of hydrogen-bond donors (Lipinski definition) is 1. The Kier molecular flexibility index (Phi) is 5.26. The molecule has 0 bridgehead atoms. The van der Waals surface area contributed by atoms with Gasteiger partial charge in [-0.05, 0) is 49.4 Å². The molecule has 1 aromatic carbocycles. The van der Waals surface area contributed by atoms with Crippen molar-refractivity contribution in [2.75, 3.05) is 5.32 Å². The van der Waals surface area contributed by atoms with Crippen molar-refractivity contribution in [3.05, 3.63) is 57.8 Å². The van der Waals surface area contributed by atoms with E-state index in [9.17, 15) is 9.59 Å². The normalized spacial score (nSPS) is 14.1. The van der Waals surface area contributed by atoms with Gasteiger partial charge in [-0.1, -0.05) is 32.4 Å². The van der Waals surface area contributed by atoms with Crippen LogP contribution in [-0.2, 0) is 24.3 Å². The van der Waals surface area contributed by atoms with Gasteiger partial charge in [0.05, 0.1) is 5.52 Å².